The Morgan fingerprint density at radius 1 is 1.00 bits per heavy atom. The number of anilines is 1. The first-order chi connectivity index (χ1) is 9.24. The van der Waals surface area contributed by atoms with Crippen molar-refractivity contribution >= 4 is 5.69 Å². The molecule has 1 unspecified atom stereocenters. The van der Waals surface area contributed by atoms with Gasteiger partial charge in [0.25, 0.3) is 0 Å². The quantitative estimate of drug-likeness (QED) is 0.887. The summed E-state index contributed by atoms with van der Waals surface area (Å²) in [6.07, 6.45) is 0.713. The molecule has 2 aromatic rings. The normalized spacial score (nSPS) is 16.0. The van der Waals surface area contributed by atoms with Crippen LogP contribution in [0.4, 0.5) is 5.69 Å². The number of nitrogens with zero attached hydrogens (tertiary/aromatic N) is 1. The average Bonchev–Trinajstić information content (AvgIpc) is 2.47. The standard InChI is InChI=1S/C17H19NO/c1-13(19)14-6-8-17(9-7-14)18-11-10-15-4-2-3-5-16(15)12-18/h2-9,13,19H,10-12H2,1H3. The maximum atomic E-state index is 9.54. The van der Waals surface area contributed by atoms with Crippen molar-refractivity contribution in [1.82, 2.24) is 0 Å². The molecule has 0 bridgehead atoms. The van der Waals surface area contributed by atoms with Crippen LogP contribution in [0.3, 0.4) is 0 Å². The Labute approximate surface area is 114 Å². The Balaban J connectivity index is 1.81. The summed E-state index contributed by atoms with van der Waals surface area (Å²) in [6, 6.07) is 16.9. The summed E-state index contributed by atoms with van der Waals surface area (Å²) in [5.41, 5.74) is 5.10. The minimum absolute atomic E-state index is 0.392. The largest absolute Gasteiger partial charge is 0.389 e. The third kappa shape index (κ3) is 2.49. The topological polar surface area (TPSA) is 23.5 Å². The van der Waals surface area contributed by atoms with Gasteiger partial charge in [-0.05, 0) is 42.2 Å². The Morgan fingerprint density at radius 3 is 2.37 bits per heavy atom. The smallest absolute Gasteiger partial charge is 0.0761 e. The highest BCUT2D eigenvalue weighted by atomic mass is 16.3. The molecule has 0 amide bonds. The van der Waals surface area contributed by atoms with Crippen molar-refractivity contribution in [3.05, 3.63) is 65.2 Å². The van der Waals surface area contributed by atoms with Gasteiger partial charge in [0.2, 0.25) is 0 Å². The van der Waals surface area contributed by atoms with Gasteiger partial charge in [-0.15, -0.1) is 0 Å². The number of aliphatic hydroxyl groups excluding tert-OH is 1. The van der Waals surface area contributed by atoms with Crippen LogP contribution in [-0.4, -0.2) is 11.7 Å². The molecule has 1 N–H and O–H groups in total. The van der Waals surface area contributed by atoms with Crippen molar-refractivity contribution in [2.24, 2.45) is 0 Å². The Kier molecular flexibility index (Phi) is 3.26. The molecule has 3 rings (SSSR count). The van der Waals surface area contributed by atoms with Crippen LogP contribution in [0.2, 0.25) is 0 Å². The van der Waals surface area contributed by atoms with Crippen LogP contribution < -0.4 is 4.90 Å². The van der Waals surface area contributed by atoms with E-state index in [-0.39, 0.29) is 0 Å². The van der Waals surface area contributed by atoms with E-state index in [2.05, 4.69) is 41.3 Å². The molecule has 1 aliphatic heterocycles. The molecule has 0 saturated carbocycles. The summed E-state index contributed by atoms with van der Waals surface area (Å²) >= 11 is 0. The highest BCUT2D eigenvalue weighted by Crippen LogP contribution is 2.25. The van der Waals surface area contributed by atoms with Crippen LogP contribution in [-0.2, 0) is 13.0 Å². The van der Waals surface area contributed by atoms with Crippen LogP contribution in [0.5, 0.6) is 0 Å². The monoisotopic (exact) mass is 253 g/mol. The highest BCUT2D eigenvalue weighted by molar-refractivity contribution is 5.50. The minimum Gasteiger partial charge on any atom is -0.389 e. The number of hydrogen-bond acceptors (Lipinski definition) is 2. The van der Waals surface area contributed by atoms with E-state index in [0.717, 1.165) is 25.1 Å². The zero-order chi connectivity index (χ0) is 13.2. The maximum absolute atomic E-state index is 9.54. The van der Waals surface area contributed by atoms with Crippen molar-refractivity contribution in [3.8, 4) is 0 Å². The highest BCUT2D eigenvalue weighted by Gasteiger charge is 2.15. The molecule has 1 atom stereocenters. The lowest BCUT2D eigenvalue weighted by molar-refractivity contribution is 0.199. The Morgan fingerprint density at radius 2 is 1.68 bits per heavy atom. The predicted molar refractivity (Wildman–Crippen MR) is 78.3 cm³/mol. The molecule has 2 aromatic carbocycles. The molecule has 2 heteroatoms. The second-order valence-corrected chi connectivity index (χ2v) is 5.21. The lowest BCUT2D eigenvalue weighted by Crippen LogP contribution is -2.30. The van der Waals surface area contributed by atoms with E-state index < -0.39 is 6.10 Å². The van der Waals surface area contributed by atoms with Gasteiger partial charge in [0, 0.05) is 18.8 Å². The van der Waals surface area contributed by atoms with Gasteiger partial charge in [0.05, 0.1) is 6.10 Å². The van der Waals surface area contributed by atoms with Crippen LogP contribution in [0, 0.1) is 0 Å². The summed E-state index contributed by atoms with van der Waals surface area (Å²) in [5, 5.41) is 9.54. The maximum Gasteiger partial charge on any atom is 0.0761 e. The number of aliphatic hydroxyl groups is 1. The molecule has 0 fully saturated rings. The van der Waals surface area contributed by atoms with E-state index in [4.69, 9.17) is 0 Å². The molecular weight excluding hydrogens is 234 g/mol. The fraction of sp³-hybridized carbons (Fsp3) is 0.294. The number of hydrogen-bond donors (Lipinski definition) is 1. The van der Waals surface area contributed by atoms with Gasteiger partial charge in [-0.1, -0.05) is 36.4 Å². The first-order valence-electron chi connectivity index (χ1n) is 6.84. The van der Waals surface area contributed by atoms with Gasteiger partial charge in [-0.3, -0.25) is 0 Å². The van der Waals surface area contributed by atoms with Crippen LogP contribution in [0.25, 0.3) is 0 Å². The summed E-state index contributed by atoms with van der Waals surface area (Å²) in [4.78, 5) is 2.40. The lowest BCUT2D eigenvalue weighted by Gasteiger charge is -2.30. The van der Waals surface area contributed by atoms with Crippen LogP contribution in [0.15, 0.2) is 48.5 Å². The second kappa shape index (κ2) is 5.06. The van der Waals surface area contributed by atoms with Crippen LogP contribution >= 0.6 is 0 Å². The van der Waals surface area contributed by atoms with E-state index in [9.17, 15) is 5.11 Å². The van der Waals surface area contributed by atoms with Gasteiger partial charge in [-0.2, -0.15) is 0 Å². The average molecular weight is 253 g/mol. The van der Waals surface area contributed by atoms with Crippen molar-refractivity contribution in [2.45, 2.75) is 26.0 Å². The van der Waals surface area contributed by atoms with E-state index >= 15 is 0 Å². The minimum atomic E-state index is -0.392. The molecule has 0 aliphatic carbocycles. The lowest BCUT2D eigenvalue weighted by atomic mass is 9.99. The SMILES string of the molecule is CC(O)c1ccc(N2CCc3ccccc3C2)cc1. The third-order valence-corrected chi connectivity index (χ3v) is 3.87. The van der Waals surface area contributed by atoms with Crippen molar-refractivity contribution in [3.63, 3.8) is 0 Å². The second-order valence-electron chi connectivity index (χ2n) is 5.21. The number of benzene rings is 2. The van der Waals surface area contributed by atoms with Gasteiger partial charge < -0.3 is 10.0 Å². The Bertz CT molecular complexity index is 560. The molecule has 2 nitrogen and oxygen atoms in total. The molecule has 0 saturated heterocycles. The summed E-state index contributed by atoms with van der Waals surface area (Å²) in [5.74, 6) is 0. The van der Waals surface area contributed by atoms with E-state index in [1.54, 1.807) is 6.92 Å². The molecule has 0 spiro atoms. The Hall–Kier alpha value is -1.80. The van der Waals surface area contributed by atoms with Gasteiger partial charge in [-0.25, -0.2) is 0 Å². The molecule has 1 heterocycles. The third-order valence-electron chi connectivity index (χ3n) is 3.87. The summed E-state index contributed by atoms with van der Waals surface area (Å²) in [6.45, 7) is 3.83. The molecule has 0 radical (unpaired) electrons. The fourth-order valence-electron chi connectivity index (χ4n) is 2.68. The fourth-order valence-corrected chi connectivity index (χ4v) is 2.68. The van der Waals surface area contributed by atoms with Gasteiger partial charge in [0.15, 0.2) is 0 Å². The molecule has 1 aliphatic rings. The number of rotatable bonds is 2. The van der Waals surface area contributed by atoms with Crippen molar-refractivity contribution in [2.75, 3.05) is 11.4 Å². The summed E-state index contributed by atoms with van der Waals surface area (Å²) < 4.78 is 0. The predicted octanol–water partition coefficient (Wildman–Crippen LogP) is 3.30. The first-order valence-corrected chi connectivity index (χ1v) is 6.84. The molecule has 98 valence electrons. The summed E-state index contributed by atoms with van der Waals surface area (Å²) in [7, 11) is 0. The molecule has 0 aromatic heterocycles. The van der Waals surface area contributed by atoms with Crippen molar-refractivity contribution in [1.29, 1.82) is 0 Å². The van der Waals surface area contributed by atoms with Gasteiger partial charge >= 0.3 is 0 Å². The first kappa shape index (κ1) is 12.2. The van der Waals surface area contributed by atoms with E-state index in [1.165, 1.54) is 16.8 Å². The van der Waals surface area contributed by atoms with Gasteiger partial charge in [0.1, 0.15) is 0 Å². The van der Waals surface area contributed by atoms with Crippen molar-refractivity contribution < 1.29 is 5.11 Å². The number of fused-ring (bicyclic) bond motifs is 1. The van der Waals surface area contributed by atoms with E-state index in [0.29, 0.717) is 0 Å². The zero-order valence-electron chi connectivity index (χ0n) is 11.2. The van der Waals surface area contributed by atoms with Crippen LogP contribution in [0.1, 0.15) is 29.7 Å². The molecular formula is C17H19NO. The zero-order valence-corrected chi connectivity index (χ0v) is 11.2. The van der Waals surface area contributed by atoms with E-state index in [1.807, 2.05) is 12.1 Å². The molecule has 19 heavy (non-hydrogen) atoms.